The van der Waals surface area contributed by atoms with Gasteiger partial charge in [-0.25, -0.2) is 0 Å². The second kappa shape index (κ2) is 5.10. The summed E-state index contributed by atoms with van der Waals surface area (Å²) in [6, 6.07) is 6.63. The van der Waals surface area contributed by atoms with Crippen molar-refractivity contribution in [1.82, 2.24) is 5.32 Å². The fourth-order valence-corrected chi connectivity index (χ4v) is 2.89. The minimum Gasteiger partial charge on any atom is -0.495 e. The molecule has 2 rings (SSSR count). The van der Waals surface area contributed by atoms with Crippen LogP contribution in [-0.4, -0.2) is 32.3 Å². The number of likely N-dealkylation sites (N-methyl/N-ethyl adjacent to an activating group) is 1. The molecule has 1 aliphatic heterocycles. The largest absolute Gasteiger partial charge is 0.495 e. The highest BCUT2D eigenvalue weighted by atomic mass is 79.9. The van der Waals surface area contributed by atoms with Crippen LogP contribution in [0.25, 0.3) is 0 Å². The molecular formula is C14H21BrN2O. The molecule has 0 aliphatic carbocycles. The lowest BCUT2D eigenvalue weighted by molar-refractivity contribution is 0.412. The Morgan fingerprint density at radius 3 is 2.72 bits per heavy atom. The Labute approximate surface area is 118 Å². The van der Waals surface area contributed by atoms with Crippen LogP contribution < -0.4 is 15.0 Å². The summed E-state index contributed by atoms with van der Waals surface area (Å²) in [6.45, 7) is 5.51. The van der Waals surface area contributed by atoms with E-state index in [4.69, 9.17) is 4.74 Å². The molecule has 1 aromatic rings. The molecule has 1 atom stereocenters. The number of rotatable bonds is 3. The first-order valence-corrected chi connectivity index (χ1v) is 7.04. The van der Waals surface area contributed by atoms with E-state index in [2.05, 4.69) is 53.1 Å². The molecule has 18 heavy (non-hydrogen) atoms. The van der Waals surface area contributed by atoms with Gasteiger partial charge in [-0.1, -0.05) is 15.9 Å². The Hall–Kier alpha value is -0.740. The van der Waals surface area contributed by atoms with Gasteiger partial charge in [0.1, 0.15) is 5.75 Å². The van der Waals surface area contributed by atoms with E-state index < -0.39 is 0 Å². The van der Waals surface area contributed by atoms with Crippen molar-refractivity contribution < 1.29 is 4.74 Å². The Bertz CT molecular complexity index is 434. The molecule has 1 saturated heterocycles. The third-order valence-electron chi connectivity index (χ3n) is 3.63. The fourth-order valence-electron chi connectivity index (χ4n) is 2.54. The molecule has 4 heteroatoms. The number of benzene rings is 1. The lowest BCUT2D eigenvalue weighted by Gasteiger charge is -2.28. The summed E-state index contributed by atoms with van der Waals surface area (Å²) in [5.74, 6) is 0.922. The van der Waals surface area contributed by atoms with Gasteiger partial charge in [-0.3, -0.25) is 0 Å². The second-order valence-electron chi connectivity index (χ2n) is 5.55. The Morgan fingerprint density at radius 2 is 2.17 bits per heavy atom. The van der Waals surface area contributed by atoms with E-state index in [1.165, 1.54) is 0 Å². The first-order chi connectivity index (χ1) is 8.43. The molecule has 1 unspecified atom stereocenters. The molecule has 0 bridgehead atoms. The summed E-state index contributed by atoms with van der Waals surface area (Å²) < 4.78 is 6.53. The summed E-state index contributed by atoms with van der Waals surface area (Å²) in [7, 11) is 3.86. The third kappa shape index (κ3) is 2.81. The predicted octanol–water partition coefficient (Wildman–Crippen LogP) is 3.03. The zero-order valence-corrected chi connectivity index (χ0v) is 13.0. The number of ether oxygens (including phenoxy) is 1. The van der Waals surface area contributed by atoms with Gasteiger partial charge in [0.2, 0.25) is 0 Å². The molecule has 0 aromatic heterocycles. The van der Waals surface area contributed by atoms with Gasteiger partial charge in [0, 0.05) is 29.6 Å². The number of hydrogen-bond acceptors (Lipinski definition) is 3. The molecule has 0 radical (unpaired) electrons. The SMILES string of the molecule is COc1ccc(Br)cc1N(C)C1CNC(C)(C)C1. The molecule has 0 spiro atoms. The van der Waals surface area contributed by atoms with Gasteiger partial charge >= 0.3 is 0 Å². The van der Waals surface area contributed by atoms with Gasteiger partial charge < -0.3 is 15.0 Å². The van der Waals surface area contributed by atoms with E-state index in [1.807, 2.05) is 12.1 Å². The molecule has 1 aliphatic rings. The van der Waals surface area contributed by atoms with Crippen LogP contribution in [-0.2, 0) is 0 Å². The van der Waals surface area contributed by atoms with Gasteiger partial charge in [-0.15, -0.1) is 0 Å². The predicted molar refractivity (Wildman–Crippen MR) is 79.6 cm³/mol. The third-order valence-corrected chi connectivity index (χ3v) is 4.12. The van der Waals surface area contributed by atoms with Crippen LogP contribution in [0.5, 0.6) is 5.75 Å². The Kier molecular flexibility index (Phi) is 3.87. The minimum absolute atomic E-state index is 0.220. The number of nitrogens with zero attached hydrogens (tertiary/aromatic N) is 1. The van der Waals surface area contributed by atoms with E-state index in [9.17, 15) is 0 Å². The highest BCUT2D eigenvalue weighted by Crippen LogP contribution is 2.34. The van der Waals surface area contributed by atoms with Gasteiger partial charge in [0.05, 0.1) is 12.8 Å². The maximum atomic E-state index is 5.45. The average molecular weight is 313 g/mol. The van der Waals surface area contributed by atoms with E-state index in [0.717, 1.165) is 28.9 Å². The van der Waals surface area contributed by atoms with Gasteiger partial charge in [0.25, 0.3) is 0 Å². The maximum absolute atomic E-state index is 5.45. The van der Waals surface area contributed by atoms with Crippen LogP contribution >= 0.6 is 15.9 Å². The normalized spacial score (nSPS) is 21.9. The van der Waals surface area contributed by atoms with Crippen LogP contribution in [0.15, 0.2) is 22.7 Å². The smallest absolute Gasteiger partial charge is 0.142 e. The van der Waals surface area contributed by atoms with Crippen molar-refractivity contribution in [2.45, 2.75) is 31.8 Å². The average Bonchev–Trinajstić information content (AvgIpc) is 2.68. The number of anilines is 1. The molecule has 1 fully saturated rings. The molecule has 1 aromatic carbocycles. The molecule has 3 nitrogen and oxygen atoms in total. The highest BCUT2D eigenvalue weighted by molar-refractivity contribution is 9.10. The molecule has 100 valence electrons. The lowest BCUT2D eigenvalue weighted by atomic mass is 10.0. The van der Waals surface area contributed by atoms with Gasteiger partial charge in [-0.2, -0.15) is 0 Å². The van der Waals surface area contributed by atoms with E-state index in [-0.39, 0.29) is 5.54 Å². The molecule has 0 amide bonds. The van der Waals surface area contributed by atoms with Crippen molar-refractivity contribution in [1.29, 1.82) is 0 Å². The number of halogens is 1. The number of methoxy groups -OCH3 is 1. The molecular weight excluding hydrogens is 292 g/mol. The van der Waals surface area contributed by atoms with E-state index >= 15 is 0 Å². The fraction of sp³-hybridized carbons (Fsp3) is 0.571. The quantitative estimate of drug-likeness (QED) is 0.928. The zero-order valence-electron chi connectivity index (χ0n) is 11.5. The van der Waals surface area contributed by atoms with Crippen molar-refractivity contribution in [3.8, 4) is 5.75 Å². The van der Waals surface area contributed by atoms with Gasteiger partial charge in [-0.05, 0) is 38.5 Å². The first kappa shape index (κ1) is 13.7. The monoisotopic (exact) mass is 312 g/mol. The van der Waals surface area contributed by atoms with Crippen LogP contribution in [0.1, 0.15) is 20.3 Å². The second-order valence-corrected chi connectivity index (χ2v) is 6.47. The highest BCUT2D eigenvalue weighted by Gasteiger charge is 2.33. The maximum Gasteiger partial charge on any atom is 0.142 e. The first-order valence-electron chi connectivity index (χ1n) is 6.24. The standard InChI is InChI=1S/C14H21BrN2O/c1-14(2)8-11(9-16-14)17(3)12-7-10(15)5-6-13(12)18-4/h5-7,11,16H,8-9H2,1-4H3. The Balaban J connectivity index is 2.23. The molecule has 1 heterocycles. The van der Waals surface area contributed by atoms with E-state index in [0.29, 0.717) is 6.04 Å². The number of hydrogen-bond donors (Lipinski definition) is 1. The summed E-state index contributed by atoms with van der Waals surface area (Å²) in [5.41, 5.74) is 1.36. The summed E-state index contributed by atoms with van der Waals surface area (Å²) in [4.78, 5) is 2.31. The van der Waals surface area contributed by atoms with Gasteiger partial charge in [0.15, 0.2) is 0 Å². The van der Waals surface area contributed by atoms with Crippen LogP contribution in [0.3, 0.4) is 0 Å². The van der Waals surface area contributed by atoms with Crippen molar-refractivity contribution in [3.05, 3.63) is 22.7 Å². The van der Waals surface area contributed by atoms with Crippen molar-refractivity contribution in [3.63, 3.8) is 0 Å². The van der Waals surface area contributed by atoms with Crippen molar-refractivity contribution >= 4 is 21.6 Å². The molecule has 0 saturated carbocycles. The van der Waals surface area contributed by atoms with Crippen LogP contribution in [0.2, 0.25) is 0 Å². The topological polar surface area (TPSA) is 24.5 Å². The van der Waals surface area contributed by atoms with Crippen molar-refractivity contribution in [2.24, 2.45) is 0 Å². The minimum atomic E-state index is 0.220. The summed E-state index contributed by atoms with van der Waals surface area (Å²) in [5, 5.41) is 3.55. The van der Waals surface area contributed by atoms with Crippen LogP contribution in [0, 0.1) is 0 Å². The zero-order chi connectivity index (χ0) is 13.3. The van der Waals surface area contributed by atoms with Crippen LogP contribution in [0.4, 0.5) is 5.69 Å². The Morgan fingerprint density at radius 1 is 1.44 bits per heavy atom. The summed E-state index contributed by atoms with van der Waals surface area (Å²) >= 11 is 3.53. The lowest BCUT2D eigenvalue weighted by Crippen LogP contribution is -2.33. The number of nitrogens with one attached hydrogen (secondary N) is 1. The molecule has 1 N–H and O–H groups in total. The summed E-state index contributed by atoms with van der Waals surface area (Å²) in [6.07, 6.45) is 1.14. The van der Waals surface area contributed by atoms with Crippen molar-refractivity contribution in [2.75, 3.05) is 25.6 Å². The van der Waals surface area contributed by atoms with E-state index in [1.54, 1.807) is 7.11 Å².